The third kappa shape index (κ3) is 4.25. The van der Waals surface area contributed by atoms with E-state index in [1.54, 1.807) is 17.0 Å². The number of H-pyrrole nitrogens is 1. The predicted octanol–water partition coefficient (Wildman–Crippen LogP) is 3.80. The second-order valence-corrected chi connectivity index (χ2v) is 10.6. The van der Waals surface area contributed by atoms with Crippen molar-refractivity contribution in [2.45, 2.75) is 17.9 Å². The number of benzene rings is 2. The number of hydrogen-bond acceptors (Lipinski definition) is 5. The number of aromatic nitrogens is 2. The topological polar surface area (TPSA) is 92.2 Å². The van der Waals surface area contributed by atoms with Crippen molar-refractivity contribution in [3.63, 3.8) is 0 Å². The maximum Gasteiger partial charge on any atom is 0.262 e. The van der Waals surface area contributed by atoms with Gasteiger partial charge in [-0.05, 0) is 61.1 Å². The lowest BCUT2D eigenvalue weighted by Crippen LogP contribution is -2.40. The molecule has 1 amide bonds. The summed E-state index contributed by atoms with van der Waals surface area (Å²) < 4.78 is 24.9. The van der Waals surface area contributed by atoms with Crippen molar-refractivity contribution >= 4 is 51.2 Å². The van der Waals surface area contributed by atoms with Crippen molar-refractivity contribution in [2.75, 3.05) is 12.8 Å². The van der Waals surface area contributed by atoms with E-state index in [9.17, 15) is 18.0 Å². The molecule has 7 nitrogen and oxygen atoms in total. The van der Waals surface area contributed by atoms with Crippen molar-refractivity contribution in [1.29, 1.82) is 0 Å². The molecular formula is C21H17Cl2N3O4S2. The predicted molar refractivity (Wildman–Crippen MR) is 125 cm³/mol. The number of hydrogen-bond donors (Lipinski definition) is 1. The molecule has 0 saturated heterocycles. The van der Waals surface area contributed by atoms with Crippen LogP contribution < -0.4 is 5.56 Å². The monoisotopic (exact) mass is 509 g/mol. The van der Waals surface area contributed by atoms with Crippen LogP contribution in [0.4, 0.5) is 0 Å². The molecule has 1 aromatic heterocycles. The zero-order valence-electron chi connectivity index (χ0n) is 16.8. The summed E-state index contributed by atoms with van der Waals surface area (Å²) in [5.41, 5.74) is 1.67. The zero-order valence-corrected chi connectivity index (χ0v) is 19.9. The van der Waals surface area contributed by atoms with Gasteiger partial charge in [-0.1, -0.05) is 23.2 Å². The second-order valence-electron chi connectivity index (χ2n) is 7.40. The van der Waals surface area contributed by atoms with Crippen LogP contribution in [0, 0.1) is 4.77 Å². The maximum absolute atomic E-state index is 13.2. The van der Waals surface area contributed by atoms with Crippen LogP contribution in [-0.4, -0.2) is 41.6 Å². The van der Waals surface area contributed by atoms with Crippen molar-refractivity contribution in [2.24, 2.45) is 0 Å². The molecule has 0 saturated carbocycles. The molecule has 166 valence electrons. The molecule has 2 aromatic carbocycles. The molecule has 0 atom stereocenters. The van der Waals surface area contributed by atoms with E-state index in [1.807, 2.05) is 0 Å². The summed E-state index contributed by atoms with van der Waals surface area (Å²) in [5, 5.41) is 0.653. The van der Waals surface area contributed by atoms with Gasteiger partial charge in [0.2, 0.25) is 0 Å². The van der Waals surface area contributed by atoms with Crippen molar-refractivity contribution < 1.29 is 13.2 Å². The molecule has 4 rings (SSSR count). The van der Waals surface area contributed by atoms with E-state index in [2.05, 4.69) is 4.98 Å². The lowest BCUT2D eigenvalue weighted by molar-refractivity contribution is 0.0731. The highest BCUT2D eigenvalue weighted by Crippen LogP contribution is 2.25. The Morgan fingerprint density at radius 2 is 1.78 bits per heavy atom. The Morgan fingerprint density at radius 3 is 2.41 bits per heavy atom. The molecular weight excluding hydrogens is 493 g/mol. The van der Waals surface area contributed by atoms with Gasteiger partial charge in [0.25, 0.3) is 11.5 Å². The molecule has 1 aliphatic rings. The number of rotatable bonds is 3. The first-order valence-electron chi connectivity index (χ1n) is 9.48. The van der Waals surface area contributed by atoms with Crippen LogP contribution >= 0.6 is 35.4 Å². The number of halogens is 2. The Hall–Kier alpha value is -2.46. The van der Waals surface area contributed by atoms with Gasteiger partial charge >= 0.3 is 0 Å². The molecule has 0 fully saturated rings. The van der Waals surface area contributed by atoms with Crippen LogP contribution in [0.5, 0.6) is 0 Å². The van der Waals surface area contributed by atoms with E-state index in [4.69, 9.17) is 35.4 Å². The smallest absolute Gasteiger partial charge is 0.262 e. The summed E-state index contributed by atoms with van der Waals surface area (Å²) in [6.07, 6.45) is 1.46. The first-order valence-corrected chi connectivity index (χ1v) is 12.5. The lowest BCUT2D eigenvalue weighted by Gasteiger charge is -2.29. The highest BCUT2D eigenvalue weighted by atomic mass is 35.5. The average Bonchev–Trinajstić information content (AvgIpc) is 2.74. The minimum atomic E-state index is -3.35. The van der Waals surface area contributed by atoms with E-state index in [1.165, 1.54) is 34.9 Å². The quantitative estimate of drug-likeness (QED) is 0.542. The third-order valence-corrected chi connectivity index (χ3v) is 7.40. The minimum absolute atomic E-state index is 0.151. The number of aromatic amines is 1. The van der Waals surface area contributed by atoms with Crippen LogP contribution in [0.1, 0.15) is 21.6 Å². The van der Waals surface area contributed by atoms with Gasteiger partial charge in [-0.2, -0.15) is 0 Å². The van der Waals surface area contributed by atoms with Gasteiger partial charge in [0.1, 0.15) is 0 Å². The Balaban J connectivity index is 1.67. The second kappa shape index (κ2) is 8.47. The molecule has 0 unspecified atom stereocenters. The van der Waals surface area contributed by atoms with Crippen LogP contribution in [0.2, 0.25) is 10.0 Å². The largest absolute Gasteiger partial charge is 0.333 e. The van der Waals surface area contributed by atoms with Gasteiger partial charge in [-0.15, -0.1) is 0 Å². The summed E-state index contributed by atoms with van der Waals surface area (Å²) in [7, 11) is -3.35. The number of fused-ring (bicyclic) bond motifs is 1. The zero-order chi connectivity index (χ0) is 23.2. The number of nitrogens with one attached hydrogen (secondary N) is 1. The fourth-order valence-electron chi connectivity index (χ4n) is 3.59. The SMILES string of the molecule is CS(=O)(=O)c1ccc(-n2c(=S)[nH]c3c(c2=O)CCN(C(=O)c2ccc(Cl)c(Cl)c2)C3)cc1. The van der Waals surface area contributed by atoms with E-state index >= 15 is 0 Å². The Kier molecular flexibility index (Phi) is 6.02. The van der Waals surface area contributed by atoms with Crippen LogP contribution in [-0.2, 0) is 22.8 Å². The first kappa shape index (κ1) is 22.7. The number of nitrogens with zero attached hydrogens (tertiary/aromatic N) is 2. The molecule has 1 N–H and O–H groups in total. The summed E-state index contributed by atoms with van der Waals surface area (Å²) in [5.74, 6) is -0.228. The van der Waals surface area contributed by atoms with Gasteiger partial charge < -0.3 is 9.88 Å². The summed E-state index contributed by atoms with van der Waals surface area (Å²) in [4.78, 5) is 30.9. The van der Waals surface area contributed by atoms with Gasteiger partial charge in [0.05, 0.1) is 27.2 Å². The Morgan fingerprint density at radius 1 is 1.09 bits per heavy atom. The summed E-state index contributed by atoms with van der Waals surface area (Å²) in [6, 6.07) is 10.6. The number of carbonyl (C=O) groups is 1. The Labute approximate surface area is 199 Å². The van der Waals surface area contributed by atoms with E-state index in [0.29, 0.717) is 45.5 Å². The van der Waals surface area contributed by atoms with Crippen LogP contribution in [0.3, 0.4) is 0 Å². The molecule has 0 aliphatic carbocycles. The van der Waals surface area contributed by atoms with E-state index in [-0.39, 0.29) is 27.7 Å². The average molecular weight is 510 g/mol. The molecule has 0 bridgehead atoms. The highest BCUT2D eigenvalue weighted by Gasteiger charge is 2.26. The van der Waals surface area contributed by atoms with E-state index < -0.39 is 9.84 Å². The first-order chi connectivity index (χ1) is 15.1. The fourth-order valence-corrected chi connectivity index (χ4v) is 4.83. The van der Waals surface area contributed by atoms with Crippen molar-refractivity contribution in [3.05, 3.63) is 84.5 Å². The van der Waals surface area contributed by atoms with Gasteiger partial charge in [0, 0.05) is 29.6 Å². The highest BCUT2D eigenvalue weighted by molar-refractivity contribution is 7.90. The third-order valence-electron chi connectivity index (χ3n) is 5.24. The van der Waals surface area contributed by atoms with Crippen LogP contribution in [0.25, 0.3) is 5.69 Å². The molecule has 2 heterocycles. The number of carbonyl (C=O) groups excluding carboxylic acids is 1. The van der Waals surface area contributed by atoms with Crippen molar-refractivity contribution in [3.8, 4) is 5.69 Å². The van der Waals surface area contributed by atoms with Crippen LogP contribution in [0.15, 0.2) is 52.2 Å². The van der Waals surface area contributed by atoms with E-state index in [0.717, 1.165) is 6.26 Å². The van der Waals surface area contributed by atoms with Gasteiger partial charge in [-0.25, -0.2) is 8.42 Å². The molecule has 32 heavy (non-hydrogen) atoms. The fraction of sp³-hybridized carbons (Fsp3) is 0.190. The summed E-state index contributed by atoms with van der Waals surface area (Å²) in [6.45, 7) is 0.542. The maximum atomic E-state index is 13.2. The molecule has 0 radical (unpaired) electrons. The molecule has 3 aromatic rings. The normalized spacial score (nSPS) is 13.7. The Bertz CT molecular complexity index is 1460. The molecule has 0 spiro atoms. The number of amides is 1. The lowest BCUT2D eigenvalue weighted by atomic mass is 10.0. The standard InChI is InChI=1S/C21H17Cl2N3O4S2/c1-32(29,30)14-5-3-13(4-6-14)26-20(28)15-8-9-25(11-18(15)24-21(26)31)19(27)12-2-7-16(22)17(23)10-12/h2-7,10H,8-9,11H2,1H3,(H,24,31). The minimum Gasteiger partial charge on any atom is -0.333 e. The summed E-state index contributed by atoms with van der Waals surface area (Å²) >= 11 is 17.4. The molecule has 1 aliphatic heterocycles. The van der Waals surface area contributed by atoms with Gasteiger partial charge in [0.15, 0.2) is 14.6 Å². The van der Waals surface area contributed by atoms with Crippen molar-refractivity contribution in [1.82, 2.24) is 14.5 Å². The molecule has 11 heteroatoms. The van der Waals surface area contributed by atoms with Gasteiger partial charge in [-0.3, -0.25) is 14.2 Å². The number of sulfone groups is 1.